The van der Waals surface area contributed by atoms with Gasteiger partial charge in [0.25, 0.3) is 0 Å². The molecule has 0 aliphatic carbocycles. The number of hydrogen-bond donors (Lipinski definition) is 1. The zero-order valence-corrected chi connectivity index (χ0v) is 15.9. The van der Waals surface area contributed by atoms with E-state index in [0.29, 0.717) is 0 Å². The Labute approximate surface area is 157 Å². The molecule has 3 heteroatoms. The predicted molar refractivity (Wildman–Crippen MR) is 105 cm³/mol. The van der Waals surface area contributed by atoms with Crippen molar-refractivity contribution in [2.24, 2.45) is 5.41 Å². The minimum absolute atomic E-state index is 0.0864. The molecule has 0 spiro atoms. The van der Waals surface area contributed by atoms with Crippen LogP contribution in [-0.2, 0) is 22.5 Å². The van der Waals surface area contributed by atoms with Gasteiger partial charge in [-0.05, 0) is 41.5 Å². The van der Waals surface area contributed by atoms with E-state index in [1.807, 2.05) is 12.1 Å². The zero-order chi connectivity index (χ0) is 18.4. The van der Waals surface area contributed by atoms with Crippen LogP contribution in [0.2, 0.25) is 0 Å². The van der Waals surface area contributed by atoms with E-state index in [1.54, 1.807) is 0 Å². The molecule has 1 fully saturated rings. The lowest BCUT2D eigenvalue weighted by atomic mass is 9.84. The van der Waals surface area contributed by atoms with Gasteiger partial charge in [0.1, 0.15) is 0 Å². The summed E-state index contributed by atoms with van der Waals surface area (Å²) < 4.78 is 11.6. The molecule has 1 N–H and O–H groups in total. The van der Waals surface area contributed by atoms with E-state index in [4.69, 9.17) is 14.6 Å². The molecule has 1 aliphatic heterocycles. The van der Waals surface area contributed by atoms with Crippen molar-refractivity contribution in [1.82, 2.24) is 0 Å². The molecular weight excluding hydrogens is 324 g/mol. The summed E-state index contributed by atoms with van der Waals surface area (Å²) in [6, 6.07) is 16.8. The standard InChI is InChI=1S/C23H30O3/c1-3-22(26-17-23(4-2)15-25-16-23)13-18-5-9-20(10-6-18)21-11-7-19(14-24)8-12-21/h5-12,22,24H,3-4,13-17H2,1-2H3. The molecule has 0 aromatic heterocycles. The topological polar surface area (TPSA) is 38.7 Å². The van der Waals surface area contributed by atoms with Crippen molar-refractivity contribution in [3.8, 4) is 11.1 Å². The summed E-state index contributed by atoms with van der Waals surface area (Å²) in [7, 11) is 0. The lowest BCUT2D eigenvalue weighted by Crippen LogP contribution is -2.46. The molecule has 1 saturated heterocycles. The first-order valence-corrected chi connectivity index (χ1v) is 9.66. The van der Waals surface area contributed by atoms with Gasteiger partial charge in [0, 0.05) is 5.41 Å². The van der Waals surface area contributed by atoms with Crippen LogP contribution in [0.4, 0.5) is 0 Å². The van der Waals surface area contributed by atoms with Gasteiger partial charge in [-0.25, -0.2) is 0 Å². The summed E-state index contributed by atoms with van der Waals surface area (Å²) in [4.78, 5) is 0. The molecule has 0 amide bonds. The molecule has 26 heavy (non-hydrogen) atoms. The lowest BCUT2D eigenvalue weighted by molar-refractivity contribution is -0.160. The van der Waals surface area contributed by atoms with Crippen molar-refractivity contribution in [3.63, 3.8) is 0 Å². The Morgan fingerprint density at radius 1 is 0.962 bits per heavy atom. The lowest BCUT2D eigenvalue weighted by Gasteiger charge is -2.41. The van der Waals surface area contributed by atoms with Crippen LogP contribution in [0.5, 0.6) is 0 Å². The van der Waals surface area contributed by atoms with E-state index in [-0.39, 0.29) is 18.1 Å². The van der Waals surface area contributed by atoms with Gasteiger partial charge >= 0.3 is 0 Å². The highest BCUT2D eigenvalue weighted by Gasteiger charge is 2.37. The Morgan fingerprint density at radius 2 is 1.54 bits per heavy atom. The molecular formula is C23H30O3. The third-order valence-corrected chi connectivity index (χ3v) is 5.53. The largest absolute Gasteiger partial charge is 0.392 e. The van der Waals surface area contributed by atoms with E-state index < -0.39 is 0 Å². The molecule has 140 valence electrons. The van der Waals surface area contributed by atoms with Gasteiger partial charge in [-0.3, -0.25) is 0 Å². The average Bonchev–Trinajstić information content (AvgIpc) is 2.67. The predicted octanol–water partition coefficient (Wildman–Crippen LogP) is 4.61. The fourth-order valence-corrected chi connectivity index (χ4v) is 3.29. The highest BCUT2D eigenvalue weighted by molar-refractivity contribution is 5.63. The van der Waals surface area contributed by atoms with E-state index in [0.717, 1.165) is 44.6 Å². The molecule has 1 unspecified atom stereocenters. The smallest absolute Gasteiger partial charge is 0.0681 e. The first-order chi connectivity index (χ1) is 12.7. The number of aliphatic hydroxyl groups is 1. The maximum absolute atomic E-state index is 9.15. The molecule has 1 heterocycles. The first-order valence-electron chi connectivity index (χ1n) is 9.66. The maximum Gasteiger partial charge on any atom is 0.0681 e. The SMILES string of the molecule is CCC(Cc1ccc(-c2ccc(CO)cc2)cc1)OCC1(CC)COC1. The second kappa shape index (κ2) is 8.81. The third kappa shape index (κ3) is 4.53. The highest BCUT2D eigenvalue weighted by Crippen LogP contribution is 2.32. The third-order valence-electron chi connectivity index (χ3n) is 5.53. The van der Waals surface area contributed by atoms with E-state index in [9.17, 15) is 0 Å². The van der Waals surface area contributed by atoms with Gasteiger partial charge in [0.2, 0.25) is 0 Å². The van der Waals surface area contributed by atoms with Crippen molar-refractivity contribution in [2.45, 2.75) is 45.8 Å². The molecule has 3 rings (SSSR count). The quantitative estimate of drug-likeness (QED) is 0.715. The second-order valence-electron chi connectivity index (χ2n) is 7.44. The van der Waals surface area contributed by atoms with Crippen molar-refractivity contribution in [2.75, 3.05) is 19.8 Å². The first kappa shape index (κ1) is 19.1. The zero-order valence-electron chi connectivity index (χ0n) is 15.9. The number of hydrogen-bond acceptors (Lipinski definition) is 3. The molecule has 1 atom stereocenters. The van der Waals surface area contributed by atoms with Crippen molar-refractivity contribution < 1.29 is 14.6 Å². The van der Waals surface area contributed by atoms with Crippen LogP contribution in [-0.4, -0.2) is 31.0 Å². The van der Waals surface area contributed by atoms with Crippen LogP contribution in [0.3, 0.4) is 0 Å². The van der Waals surface area contributed by atoms with Gasteiger partial charge < -0.3 is 14.6 Å². The minimum Gasteiger partial charge on any atom is -0.392 e. The maximum atomic E-state index is 9.15. The molecule has 1 aliphatic rings. The molecule has 2 aromatic carbocycles. The Morgan fingerprint density at radius 3 is 1.96 bits per heavy atom. The highest BCUT2D eigenvalue weighted by atomic mass is 16.5. The second-order valence-corrected chi connectivity index (χ2v) is 7.44. The van der Waals surface area contributed by atoms with Crippen LogP contribution in [0.15, 0.2) is 48.5 Å². The van der Waals surface area contributed by atoms with Gasteiger partial charge in [-0.1, -0.05) is 62.4 Å². The molecule has 0 radical (unpaired) electrons. The average molecular weight is 354 g/mol. The van der Waals surface area contributed by atoms with Crippen molar-refractivity contribution >= 4 is 0 Å². The van der Waals surface area contributed by atoms with Crippen LogP contribution in [0.25, 0.3) is 11.1 Å². The fraction of sp³-hybridized carbons (Fsp3) is 0.478. The summed E-state index contributed by atoms with van der Waals surface area (Å²) in [5, 5.41) is 9.15. The number of benzene rings is 2. The van der Waals surface area contributed by atoms with Crippen molar-refractivity contribution in [1.29, 1.82) is 0 Å². The van der Waals surface area contributed by atoms with Crippen LogP contribution < -0.4 is 0 Å². The summed E-state index contributed by atoms with van der Waals surface area (Å²) >= 11 is 0. The Kier molecular flexibility index (Phi) is 6.47. The summed E-state index contributed by atoms with van der Waals surface area (Å²) in [6.45, 7) is 6.98. The fourth-order valence-electron chi connectivity index (χ4n) is 3.29. The molecule has 0 saturated carbocycles. The van der Waals surface area contributed by atoms with E-state index >= 15 is 0 Å². The summed E-state index contributed by atoms with van der Waals surface area (Å²) in [5.41, 5.74) is 4.87. The van der Waals surface area contributed by atoms with Gasteiger partial charge in [0.05, 0.1) is 32.5 Å². The normalized spacial score (nSPS) is 16.9. The Hall–Kier alpha value is -1.68. The number of rotatable bonds is 9. The summed E-state index contributed by atoms with van der Waals surface area (Å²) in [5.74, 6) is 0. The van der Waals surface area contributed by atoms with Crippen LogP contribution >= 0.6 is 0 Å². The number of aliphatic hydroxyl groups excluding tert-OH is 1. The van der Waals surface area contributed by atoms with E-state index in [2.05, 4.69) is 50.2 Å². The van der Waals surface area contributed by atoms with Gasteiger partial charge in [0.15, 0.2) is 0 Å². The Bertz CT molecular complexity index is 666. The monoisotopic (exact) mass is 354 g/mol. The van der Waals surface area contributed by atoms with Gasteiger partial charge in [-0.2, -0.15) is 0 Å². The van der Waals surface area contributed by atoms with Crippen LogP contribution in [0, 0.1) is 5.41 Å². The van der Waals surface area contributed by atoms with Crippen molar-refractivity contribution in [3.05, 3.63) is 59.7 Å². The number of ether oxygens (including phenoxy) is 2. The van der Waals surface area contributed by atoms with E-state index in [1.165, 1.54) is 16.7 Å². The minimum atomic E-state index is 0.0864. The molecule has 0 bridgehead atoms. The van der Waals surface area contributed by atoms with Gasteiger partial charge in [-0.15, -0.1) is 0 Å². The van der Waals surface area contributed by atoms with Crippen LogP contribution in [0.1, 0.15) is 37.8 Å². The molecule has 2 aromatic rings. The Balaban J connectivity index is 1.58. The summed E-state index contributed by atoms with van der Waals surface area (Å²) in [6.07, 6.45) is 3.34. The molecule has 3 nitrogen and oxygen atoms in total.